The summed E-state index contributed by atoms with van der Waals surface area (Å²) < 4.78 is 0. The van der Waals surface area contributed by atoms with E-state index in [1.165, 1.54) is 15.3 Å². The van der Waals surface area contributed by atoms with Gasteiger partial charge in [-0.3, -0.25) is 0 Å². The van der Waals surface area contributed by atoms with E-state index in [-0.39, 0.29) is 6.04 Å². The molecule has 0 saturated carbocycles. The van der Waals surface area contributed by atoms with Gasteiger partial charge >= 0.3 is 0 Å². The summed E-state index contributed by atoms with van der Waals surface area (Å²) in [5, 5.41) is 4.89. The molecule has 20 heavy (non-hydrogen) atoms. The standard InChI is InChI=1S/C16H19Cl2NS/c1-4-15(12-6-7-13(17)14(18)9-12)19-11(3)16-8-5-10(2)20-16/h5-9,11,15,19H,4H2,1-3H3. The normalized spacial score (nSPS) is 14.2. The van der Waals surface area contributed by atoms with Crippen LogP contribution in [0.2, 0.25) is 10.0 Å². The highest BCUT2D eigenvalue weighted by Gasteiger charge is 2.15. The highest BCUT2D eigenvalue weighted by atomic mass is 35.5. The van der Waals surface area contributed by atoms with Crippen molar-refractivity contribution >= 4 is 34.5 Å². The lowest BCUT2D eigenvalue weighted by Crippen LogP contribution is -2.23. The zero-order valence-electron chi connectivity index (χ0n) is 11.9. The Kier molecular flexibility index (Phi) is 5.50. The van der Waals surface area contributed by atoms with Crippen molar-refractivity contribution in [2.45, 2.75) is 39.3 Å². The second-order valence-corrected chi connectivity index (χ2v) is 7.11. The maximum atomic E-state index is 6.11. The van der Waals surface area contributed by atoms with Crippen molar-refractivity contribution in [3.63, 3.8) is 0 Å². The predicted molar refractivity (Wildman–Crippen MR) is 90.1 cm³/mol. The Labute approximate surface area is 134 Å². The molecule has 0 bridgehead atoms. The fraction of sp³-hybridized carbons (Fsp3) is 0.375. The highest BCUT2D eigenvalue weighted by molar-refractivity contribution is 7.12. The van der Waals surface area contributed by atoms with Crippen LogP contribution in [0.15, 0.2) is 30.3 Å². The van der Waals surface area contributed by atoms with Gasteiger partial charge in [0.05, 0.1) is 10.0 Å². The molecule has 1 aromatic heterocycles. The summed E-state index contributed by atoms with van der Waals surface area (Å²) in [6.07, 6.45) is 1.01. The first-order valence-electron chi connectivity index (χ1n) is 6.78. The lowest BCUT2D eigenvalue weighted by Gasteiger charge is -2.22. The quantitative estimate of drug-likeness (QED) is 0.692. The third-order valence-electron chi connectivity index (χ3n) is 3.39. The van der Waals surface area contributed by atoms with Crippen LogP contribution in [0.3, 0.4) is 0 Å². The number of halogens is 2. The molecule has 0 saturated heterocycles. The first-order valence-corrected chi connectivity index (χ1v) is 8.35. The van der Waals surface area contributed by atoms with Crippen molar-refractivity contribution in [2.24, 2.45) is 0 Å². The van der Waals surface area contributed by atoms with E-state index in [9.17, 15) is 0 Å². The Morgan fingerprint density at radius 2 is 1.90 bits per heavy atom. The van der Waals surface area contributed by atoms with Crippen LogP contribution in [0.5, 0.6) is 0 Å². The van der Waals surface area contributed by atoms with Gasteiger partial charge in [-0.15, -0.1) is 11.3 Å². The molecule has 0 radical (unpaired) electrons. The molecule has 2 unspecified atom stereocenters. The number of nitrogens with one attached hydrogen (secondary N) is 1. The van der Waals surface area contributed by atoms with Crippen LogP contribution in [-0.2, 0) is 0 Å². The van der Waals surface area contributed by atoms with Gasteiger partial charge in [-0.2, -0.15) is 0 Å². The zero-order chi connectivity index (χ0) is 14.7. The molecule has 0 aliphatic carbocycles. The topological polar surface area (TPSA) is 12.0 Å². The molecule has 2 rings (SSSR count). The fourth-order valence-corrected chi connectivity index (χ4v) is 3.44. The molecule has 2 atom stereocenters. The van der Waals surface area contributed by atoms with Crippen LogP contribution in [0.4, 0.5) is 0 Å². The van der Waals surface area contributed by atoms with Gasteiger partial charge in [0.15, 0.2) is 0 Å². The van der Waals surface area contributed by atoms with E-state index in [0.29, 0.717) is 16.1 Å². The van der Waals surface area contributed by atoms with Crippen LogP contribution in [0.1, 0.15) is 47.7 Å². The van der Waals surface area contributed by atoms with E-state index >= 15 is 0 Å². The van der Waals surface area contributed by atoms with Crippen LogP contribution in [-0.4, -0.2) is 0 Å². The molecular formula is C16H19Cl2NS. The average Bonchev–Trinajstić information content (AvgIpc) is 2.86. The molecule has 0 spiro atoms. The van der Waals surface area contributed by atoms with Crippen LogP contribution < -0.4 is 5.32 Å². The fourth-order valence-electron chi connectivity index (χ4n) is 2.25. The van der Waals surface area contributed by atoms with Crippen molar-refractivity contribution in [2.75, 3.05) is 0 Å². The summed E-state index contributed by atoms with van der Waals surface area (Å²) in [5.74, 6) is 0. The Bertz CT molecular complexity index is 580. The first kappa shape index (κ1) is 15.8. The molecule has 108 valence electrons. The van der Waals surface area contributed by atoms with E-state index in [4.69, 9.17) is 23.2 Å². The van der Waals surface area contributed by atoms with Gasteiger partial charge in [0.25, 0.3) is 0 Å². The van der Waals surface area contributed by atoms with Gasteiger partial charge in [-0.25, -0.2) is 0 Å². The molecule has 1 nitrogen and oxygen atoms in total. The van der Waals surface area contributed by atoms with Gasteiger partial charge < -0.3 is 5.32 Å². The number of rotatable bonds is 5. The number of hydrogen-bond acceptors (Lipinski definition) is 2. The Morgan fingerprint density at radius 3 is 2.45 bits per heavy atom. The molecule has 2 aromatic rings. The molecule has 4 heteroatoms. The minimum absolute atomic E-state index is 0.280. The Hall–Kier alpha value is -0.540. The number of benzene rings is 1. The van der Waals surface area contributed by atoms with Gasteiger partial charge in [-0.05, 0) is 50.1 Å². The van der Waals surface area contributed by atoms with E-state index in [1.54, 1.807) is 0 Å². The van der Waals surface area contributed by atoms with Crippen LogP contribution >= 0.6 is 34.5 Å². The second-order valence-electron chi connectivity index (χ2n) is 4.97. The highest BCUT2D eigenvalue weighted by Crippen LogP contribution is 2.30. The summed E-state index contributed by atoms with van der Waals surface area (Å²) in [7, 11) is 0. The largest absolute Gasteiger partial charge is 0.303 e. The summed E-state index contributed by atoms with van der Waals surface area (Å²) >= 11 is 13.9. The summed E-state index contributed by atoms with van der Waals surface area (Å²) in [5.41, 5.74) is 1.18. The third-order valence-corrected chi connectivity index (χ3v) is 5.32. The van der Waals surface area contributed by atoms with Gasteiger partial charge in [0.1, 0.15) is 0 Å². The molecule has 0 aliphatic rings. The molecule has 0 aliphatic heterocycles. The summed E-state index contributed by atoms with van der Waals surface area (Å²) in [6, 6.07) is 10.8. The lowest BCUT2D eigenvalue weighted by atomic mass is 10.0. The van der Waals surface area contributed by atoms with E-state index < -0.39 is 0 Å². The Balaban J connectivity index is 2.14. The lowest BCUT2D eigenvalue weighted by molar-refractivity contribution is 0.460. The monoisotopic (exact) mass is 327 g/mol. The predicted octanol–water partition coefficient (Wildman–Crippen LogP) is 6.17. The maximum absolute atomic E-state index is 6.11. The molecule has 1 N–H and O–H groups in total. The van der Waals surface area contributed by atoms with Crippen molar-refractivity contribution in [3.8, 4) is 0 Å². The first-order chi connectivity index (χ1) is 9.51. The number of aryl methyl sites for hydroxylation is 1. The molecule has 0 fully saturated rings. The Morgan fingerprint density at radius 1 is 1.15 bits per heavy atom. The summed E-state index contributed by atoms with van der Waals surface area (Å²) in [4.78, 5) is 2.71. The SMILES string of the molecule is CCC(NC(C)c1ccc(C)s1)c1ccc(Cl)c(Cl)c1. The van der Waals surface area contributed by atoms with Gasteiger partial charge in [0, 0.05) is 21.8 Å². The number of thiophene rings is 1. The molecule has 1 aromatic carbocycles. The maximum Gasteiger partial charge on any atom is 0.0595 e. The minimum atomic E-state index is 0.280. The van der Waals surface area contributed by atoms with Gasteiger partial charge in [-0.1, -0.05) is 36.2 Å². The van der Waals surface area contributed by atoms with Gasteiger partial charge in [0.2, 0.25) is 0 Å². The van der Waals surface area contributed by atoms with Crippen molar-refractivity contribution in [1.82, 2.24) is 5.32 Å². The van der Waals surface area contributed by atoms with E-state index in [1.807, 2.05) is 29.5 Å². The average molecular weight is 328 g/mol. The molecule has 1 heterocycles. The second kappa shape index (κ2) is 6.95. The minimum Gasteiger partial charge on any atom is -0.303 e. The zero-order valence-corrected chi connectivity index (χ0v) is 14.2. The smallest absolute Gasteiger partial charge is 0.0595 e. The van der Waals surface area contributed by atoms with E-state index in [2.05, 4.69) is 38.2 Å². The van der Waals surface area contributed by atoms with Crippen molar-refractivity contribution in [3.05, 3.63) is 55.7 Å². The number of hydrogen-bond donors (Lipinski definition) is 1. The third kappa shape index (κ3) is 3.76. The van der Waals surface area contributed by atoms with Crippen LogP contribution in [0, 0.1) is 6.92 Å². The van der Waals surface area contributed by atoms with E-state index in [0.717, 1.165) is 6.42 Å². The van der Waals surface area contributed by atoms with Crippen molar-refractivity contribution < 1.29 is 0 Å². The van der Waals surface area contributed by atoms with Crippen LogP contribution in [0.25, 0.3) is 0 Å². The van der Waals surface area contributed by atoms with Crippen molar-refractivity contribution in [1.29, 1.82) is 0 Å². The molecule has 0 amide bonds. The molecular weight excluding hydrogens is 309 g/mol. The summed E-state index contributed by atoms with van der Waals surface area (Å²) in [6.45, 7) is 6.51.